The van der Waals surface area contributed by atoms with Gasteiger partial charge in [-0.3, -0.25) is 0 Å². The molecule has 1 aliphatic rings. The highest BCUT2D eigenvalue weighted by Crippen LogP contribution is 2.39. The number of halogens is 2. The lowest BCUT2D eigenvalue weighted by Gasteiger charge is -2.45. The molecule has 1 aliphatic heterocycles. The fourth-order valence-corrected chi connectivity index (χ4v) is 2.59. The number of ether oxygens (including phenoxy) is 1. The molecule has 1 heterocycles. The lowest BCUT2D eigenvalue weighted by Crippen LogP contribution is -2.52. The molecule has 0 N–H and O–H groups in total. The van der Waals surface area contributed by atoms with E-state index in [9.17, 15) is 8.78 Å². The summed E-state index contributed by atoms with van der Waals surface area (Å²) in [4.78, 5) is 2.24. The summed E-state index contributed by atoms with van der Waals surface area (Å²) < 4.78 is 31.8. The van der Waals surface area contributed by atoms with E-state index in [4.69, 9.17) is 4.74 Å². The lowest BCUT2D eigenvalue weighted by molar-refractivity contribution is -0.100. The Kier molecular flexibility index (Phi) is 5.32. The van der Waals surface area contributed by atoms with Crippen molar-refractivity contribution < 1.29 is 13.5 Å². The van der Waals surface area contributed by atoms with Gasteiger partial charge in [-0.2, -0.15) is 0 Å². The van der Waals surface area contributed by atoms with Crippen LogP contribution >= 0.6 is 0 Å². The highest BCUT2D eigenvalue weighted by molar-refractivity contribution is 4.91. The van der Waals surface area contributed by atoms with Crippen molar-refractivity contribution in [2.75, 3.05) is 26.2 Å². The van der Waals surface area contributed by atoms with Gasteiger partial charge in [-0.05, 0) is 33.4 Å². The van der Waals surface area contributed by atoms with Gasteiger partial charge in [0.2, 0.25) is 6.43 Å². The highest BCUT2D eigenvalue weighted by atomic mass is 19.3. The normalized spacial score (nSPS) is 31.4. The number of rotatable bonds is 5. The Morgan fingerprint density at radius 2 is 2.06 bits per heavy atom. The number of hydrogen-bond acceptors (Lipinski definition) is 2. The quantitative estimate of drug-likeness (QED) is 0.742. The second-order valence-corrected chi connectivity index (χ2v) is 5.61. The maximum Gasteiger partial charge on any atom is 0.242 e. The molecule has 0 aromatic rings. The van der Waals surface area contributed by atoms with E-state index in [2.05, 4.69) is 11.8 Å². The molecule has 0 saturated carbocycles. The van der Waals surface area contributed by atoms with Crippen LogP contribution in [0.2, 0.25) is 0 Å². The number of piperidine rings is 1. The third-order valence-electron chi connectivity index (χ3n) is 3.73. The summed E-state index contributed by atoms with van der Waals surface area (Å²) in [7, 11) is 0. The van der Waals surface area contributed by atoms with Crippen LogP contribution in [-0.4, -0.2) is 43.7 Å². The Bertz CT molecular complexity index is 235. The Morgan fingerprint density at radius 1 is 1.41 bits per heavy atom. The van der Waals surface area contributed by atoms with Gasteiger partial charge in [0.15, 0.2) is 0 Å². The van der Waals surface area contributed by atoms with Crippen molar-refractivity contribution in [2.45, 2.75) is 46.6 Å². The third kappa shape index (κ3) is 3.88. The molecule has 0 unspecified atom stereocenters. The van der Waals surface area contributed by atoms with E-state index in [1.807, 2.05) is 20.8 Å². The van der Waals surface area contributed by atoms with Gasteiger partial charge in [-0.15, -0.1) is 0 Å². The zero-order valence-corrected chi connectivity index (χ0v) is 11.4. The average molecular weight is 249 g/mol. The first kappa shape index (κ1) is 14.8. The largest absolute Gasteiger partial charge is 0.378 e. The van der Waals surface area contributed by atoms with Crippen LogP contribution in [0.4, 0.5) is 8.78 Å². The predicted molar refractivity (Wildman–Crippen MR) is 65.4 cm³/mol. The summed E-state index contributed by atoms with van der Waals surface area (Å²) in [5.74, 6) is -0.538. The summed E-state index contributed by atoms with van der Waals surface area (Å²) in [6.45, 7) is 10.8. The third-order valence-corrected chi connectivity index (χ3v) is 3.73. The molecular formula is C13H25F2NO. The standard InChI is InChI=1S/C13H25F2NO/c1-5-16-7-6-11(12(14)15)13(4,8-16)9-17-10(2)3/h10-12H,5-9H2,1-4H3/t11-,13+/m1/s1. The molecular weight excluding hydrogens is 224 g/mol. The van der Waals surface area contributed by atoms with E-state index in [0.29, 0.717) is 19.6 Å². The summed E-state index contributed by atoms with van der Waals surface area (Å²) in [6.07, 6.45) is -1.57. The van der Waals surface area contributed by atoms with Crippen molar-refractivity contribution in [3.8, 4) is 0 Å². The molecule has 0 amide bonds. The summed E-state index contributed by atoms with van der Waals surface area (Å²) in [5.41, 5.74) is -0.424. The van der Waals surface area contributed by atoms with Crippen LogP contribution in [0.25, 0.3) is 0 Å². The van der Waals surface area contributed by atoms with E-state index < -0.39 is 17.8 Å². The van der Waals surface area contributed by atoms with Gasteiger partial charge in [0.25, 0.3) is 0 Å². The molecule has 0 bridgehead atoms. The van der Waals surface area contributed by atoms with Crippen LogP contribution in [-0.2, 0) is 4.74 Å². The molecule has 1 saturated heterocycles. The molecule has 1 rings (SSSR count). The minimum absolute atomic E-state index is 0.0992. The van der Waals surface area contributed by atoms with Gasteiger partial charge in [-0.25, -0.2) is 8.78 Å². The fraction of sp³-hybridized carbons (Fsp3) is 1.00. The summed E-state index contributed by atoms with van der Waals surface area (Å²) >= 11 is 0. The van der Waals surface area contributed by atoms with Crippen LogP contribution in [0.15, 0.2) is 0 Å². The van der Waals surface area contributed by atoms with E-state index >= 15 is 0 Å². The van der Waals surface area contributed by atoms with E-state index in [0.717, 1.165) is 13.1 Å². The van der Waals surface area contributed by atoms with Gasteiger partial charge in [0.05, 0.1) is 12.7 Å². The van der Waals surface area contributed by atoms with Gasteiger partial charge in [0.1, 0.15) is 0 Å². The first-order valence-corrected chi connectivity index (χ1v) is 6.51. The Morgan fingerprint density at radius 3 is 2.53 bits per heavy atom. The molecule has 102 valence electrons. The first-order valence-electron chi connectivity index (χ1n) is 6.51. The van der Waals surface area contributed by atoms with Crippen molar-refractivity contribution in [1.29, 1.82) is 0 Å². The SMILES string of the molecule is CCN1CC[C@H](C(F)F)[C@](C)(COC(C)C)C1. The zero-order chi connectivity index (χ0) is 13.1. The number of likely N-dealkylation sites (tertiary alicyclic amines) is 1. The van der Waals surface area contributed by atoms with Crippen molar-refractivity contribution >= 4 is 0 Å². The van der Waals surface area contributed by atoms with E-state index in [-0.39, 0.29) is 6.10 Å². The fourth-order valence-electron chi connectivity index (χ4n) is 2.59. The molecule has 0 spiro atoms. The lowest BCUT2D eigenvalue weighted by atomic mass is 9.73. The van der Waals surface area contributed by atoms with E-state index in [1.54, 1.807) is 0 Å². The summed E-state index contributed by atoms with van der Waals surface area (Å²) in [6, 6.07) is 0. The van der Waals surface area contributed by atoms with Crippen LogP contribution < -0.4 is 0 Å². The maximum absolute atomic E-state index is 13.1. The molecule has 1 fully saturated rings. The van der Waals surface area contributed by atoms with Crippen LogP contribution in [0.1, 0.15) is 34.1 Å². The van der Waals surface area contributed by atoms with Crippen molar-refractivity contribution in [3.05, 3.63) is 0 Å². The molecule has 2 nitrogen and oxygen atoms in total. The Balaban J connectivity index is 2.70. The second-order valence-electron chi connectivity index (χ2n) is 5.61. The van der Waals surface area contributed by atoms with Crippen molar-refractivity contribution in [3.63, 3.8) is 0 Å². The van der Waals surface area contributed by atoms with Gasteiger partial charge in [-0.1, -0.05) is 13.8 Å². The molecule has 2 atom stereocenters. The van der Waals surface area contributed by atoms with E-state index in [1.165, 1.54) is 0 Å². The Hall–Kier alpha value is -0.220. The number of alkyl halides is 2. The highest BCUT2D eigenvalue weighted by Gasteiger charge is 2.44. The number of nitrogens with zero attached hydrogens (tertiary/aromatic N) is 1. The smallest absolute Gasteiger partial charge is 0.242 e. The van der Waals surface area contributed by atoms with Gasteiger partial charge < -0.3 is 9.64 Å². The summed E-state index contributed by atoms with van der Waals surface area (Å²) in [5, 5.41) is 0. The predicted octanol–water partition coefficient (Wildman–Crippen LogP) is 3.02. The van der Waals surface area contributed by atoms with Crippen LogP contribution in [0, 0.1) is 11.3 Å². The number of hydrogen-bond donors (Lipinski definition) is 0. The maximum atomic E-state index is 13.1. The minimum atomic E-state index is -2.24. The average Bonchev–Trinajstić information content (AvgIpc) is 2.25. The van der Waals surface area contributed by atoms with Crippen molar-refractivity contribution in [2.24, 2.45) is 11.3 Å². The van der Waals surface area contributed by atoms with Crippen LogP contribution in [0.3, 0.4) is 0 Å². The van der Waals surface area contributed by atoms with Gasteiger partial charge >= 0.3 is 0 Å². The van der Waals surface area contributed by atoms with Crippen molar-refractivity contribution in [1.82, 2.24) is 4.90 Å². The molecule has 0 aliphatic carbocycles. The molecule has 0 radical (unpaired) electrons. The molecule has 4 heteroatoms. The second kappa shape index (κ2) is 6.10. The topological polar surface area (TPSA) is 12.5 Å². The monoisotopic (exact) mass is 249 g/mol. The van der Waals surface area contributed by atoms with Gasteiger partial charge in [0, 0.05) is 17.9 Å². The molecule has 17 heavy (non-hydrogen) atoms. The Labute approximate surface area is 103 Å². The molecule has 0 aromatic heterocycles. The minimum Gasteiger partial charge on any atom is -0.378 e. The first-order chi connectivity index (χ1) is 7.89. The zero-order valence-electron chi connectivity index (χ0n) is 11.4. The van der Waals surface area contributed by atoms with Crippen LogP contribution in [0.5, 0.6) is 0 Å². The molecule has 0 aromatic carbocycles.